The van der Waals surface area contributed by atoms with Crippen LogP contribution >= 0.6 is 0 Å². The third-order valence-corrected chi connectivity index (χ3v) is 4.88. The maximum atomic E-state index is 12.5. The molecule has 6 heteroatoms. The molecule has 1 amide bonds. The molecular formula is C24H27NO5. The molecule has 3 aromatic rings. The summed E-state index contributed by atoms with van der Waals surface area (Å²) in [6, 6.07) is 14.3. The van der Waals surface area contributed by atoms with E-state index >= 15 is 0 Å². The van der Waals surface area contributed by atoms with Gasteiger partial charge in [0, 0.05) is 12.6 Å². The van der Waals surface area contributed by atoms with Crippen molar-refractivity contribution in [1.29, 1.82) is 0 Å². The van der Waals surface area contributed by atoms with Crippen molar-refractivity contribution in [1.82, 2.24) is 5.32 Å². The maximum absolute atomic E-state index is 12.5. The third-order valence-electron chi connectivity index (χ3n) is 4.88. The molecule has 0 radical (unpaired) electrons. The van der Waals surface area contributed by atoms with Crippen LogP contribution in [0.2, 0.25) is 0 Å². The zero-order valence-corrected chi connectivity index (χ0v) is 17.5. The normalized spacial score (nSPS) is 13.1. The second-order valence-corrected chi connectivity index (χ2v) is 7.41. The standard InChI is InChI=1S/C24H27NO5/c1-4-8-18-13-22(27)30-21-12-15(2)11-20(23(18)21)29-16(3)24(28)25-14-19(26)17-9-6-5-7-10-17/h5-7,9-13,16,19,26H,4,8,14H2,1-3H3,(H,25,28)/t16-,19+/m1/s1. The monoisotopic (exact) mass is 409 g/mol. The highest BCUT2D eigenvalue weighted by Gasteiger charge is 2.20. The number of hydrogen-bond acceptors (Lipinski definition) is 5. The van der Waals surface area contributed by atoms with Crippen LogP contribution < -0.4 is 15.7 Å². The van der Waals surface area contributed by atoms with E-state index in [0.29, 0.717) is 23.1 Å². The number of aliphatic hydroxyl groups excluding tert-OH is 1. The molecular weight excluding hydrogens is 382 g/mol. The Kier molecular flexibility index (Phi) is 6.90. The van der Waals surface area contributed by atoms with E-state index in [1.165, 1.54) is 6.07 Å². The maximum Gasteiger partial charge on any atom is 0.336 e. The number of aryl methyl sites for hydroxylation is 2. The van der Waals surface area contributed by atoms with Gasteiger partial charge in [-0.1, -0.05) is 43.7 Å². The van der Waals surface area contributed by atoms with Gasteiger partial charge in [-0.25, -0.2) is 4.79 Å². The zero-order valence-electron chi connectivity index (χ0n) is 17.5. The Morgan fingerprint density at radius 3 is 2.63 bits per heavy atom. The van der Waals surface area contributed by atoms with Crippen LogP contribution in [0.4, 0.5) is 0 Å². The molecule has 2 N–H and O–H groups in total. The number of carbonyl (C=O) groups excluding carboxylic acids is 1. The molecule has 0 unspecified atom stereocenters. The molecule has 0 fully saturated rings. The first kappa shape index (κ1) is 21.6. The van der Waals surface area contributed by atoms with Gasteiger partial charge in [0.25, 0.3) is 5.91 Å². The van der Waals surface area contributed by atoms with Crippen molar-refractivity contribution in [2.24, 2.45) is 0 Å². The van der Waals surface area contributed by atoms with Gasteiger partial charge in [0.15, 0.2) is 6.10 Å². The fourth-order valence-electron chi connectivity index (χ4n) is 3.41. The summed E-state index contributed by atoms with van der Waals surface area (Å²) in [5.74, 6) is 0.164. The highest BCUT2D eigenvalue weighted by Crippen LogP contribution is 2.31. The van der Waals surface area contributed by atoms with Crippen molar-refractivity contribution in [2.75, 3.05) is 6.54 Å². The van der Waals surface area contributed by atoms with Crippen molar-refractivity contribution < 1.29 is 19.1 Å². The zero-order chi connectivity index (χ0) is 21.7. The second kappa shape index (κ2) is 9.59. The van der Waals surface area contributed by atoms with E-state index in [1.807, 2.05) is 38.1 Å². The summed E-state index contributed by atoms with van der Waals surface area (Å²) in [5, 5.41) is 13.7. The Morgan fingerprint density at radius 2 is 1.93 bits per heavy atom. The SMILES string of the molecule is CCCc1cc(=O)oc2cc(C)cc(O[C@H](C)C(=O)NC[C@H](O)c3ccccc3)c12. The van der Waals surface area contributed by atoms with Crippen molar-refractivity contribution in [3.8, 4) is 5.75 Å². The molecule has 1 aromatic heterocycles. The highest BCUT2D eigenvalue weighted by atomic mass is 16.5. The van der Waals surface area contributed by atoms with Crippen LogP contribution in [-0.4, -0.2) is 23.7 Å². The van der Waals surface area contributed by atoms with E-state index in [2.05, 4.69) is 5.32 Å². The number of carbonyl (C=O) groups is 1. The van der Waals surface area contributed by atoms with Crippen LogP contribution in [0.5, 0.6) is 5.75 Å². The van der Waals surface area contributed by atoms with E-state index in [4.69, 9.17) is 9.15 Å². The Balaban J connectivity index is 1.77. The van der Waals surface area contributed by atoms with E-state index in [-0.39, 0.29) is 12.5 Å². The number of fused-ring (bicyclic) bond motifs is 1. The van der Waals surface area contributed by atoms with Gasteiger partial charge in [-0.05, 0) is 49.1 Å². The van der Waals surface area contributed by atoms with Crippen LogP contribution in [0.15, 0.2) is 57.7 Å². The van der Waals surface area contributed by atoms with Gasteiger partial charge >= 0.3 is 5.63 Å². The summed E-state index contributed by atoms with van der Waals surface area (Å²) in [5.41, 5.74) is 2.48. The van der Waals surface area contributed by atoms with Crippen LogP contribution in [0.3, 0.4) is 0 Å². The number of ether oxygens (including phenoxy) is 1. The molecule has 0 aliphatic carbocycles. The molecule has 6 nitrogen and oxygen atoms in total. The van der Waals surface area contributed by atoms with E-state index in [9.17, 15) is 14.7 Å². The highest BCUT2D eigenvalue weighted by molar-refractivity contribution is 5.88. The molecule has 0 bridgehead atoms. The average Bonchev–Trinajstić information content (AvgIpc) is 2.71. The van der Waals surface area contributed by atoms with Gasteiger partial charge in [0.05, 0.1) is 11.5 Å². The molecule has 3 rings (SSSR count). The lowest BCUT2D eigenvalue weighted by Gasteiger charge is -2.19. The Labute approximate surface area is 175 Å². The molecule has 2 aromatic carbocycles. The number of benzene rings is 2. The lowest BCUT2D eigenvalue weighted by molar-refractivity contribution is -0.127. The molecule has 0 saturated carbocycles. The van der Waals surface area contributed by atoms with Crippen LogP contribution in [-0.2, 0) is 11.2 Å². The number of nitrogens with one attached hydrogen (secondary N) is 1. The van der Waals surface area contributed by atoms with Gasteiger partial charge < -0.3 is 19.6 Å². The predicted molar refractivity (Wildman–Crippen MR) is 116 cm³/mol. The molecule has 0 aliphatic heterocycles. The molecule has 0 spiro atoms. The lowest BCUT2D eigenvalue weighted by atomic mass is 10.0. The van der Waals surface area contributed by atoms with Gasteiger partial charge in [0.2, 0.25) is 0 Å². The first-order valence-corrected chi connectivity index (χ1v) is 10.1. The molecule has 158 valence electrons. The smallest absolute Gasteiger partial charge is 0.336 e. The molecule has 0 aliphatic rings. The minimum Gasteiger partial charge on any atom is -0.480 e. The first-order valence-electron chi connectivity index (χ1n) is 10.1. The van der Waals surface area contributed by atoms with Crippen LogP contribution in [0.1, 0.15) is 43.1 Å². The van der Waals surface area contributed by atoms with Gasteiger partial charge in [0.1, 0.15) is 11.3 Å². The minimum atomic E-state index is -0.799. The average molecular weight is 409 g/mol. The van der Waals surface area contributed by atoms with Crippen LogP contribution in [0, 0.1) is 6.92 Å². The van der Waals surface area contributed by atoms with Gasteiger partial charge in [-0.3, -0.25) is 4.79 Å². The summed E-state index contributed by atoms with van der Waals surface area (Å²) in [7, 11) is 0. The number of aliphatic hydroxyl groups is 1. The summed E-state index contributed by atoms with van der Waals surface area (Å²) in [6.45, 7) is 5.64. The van der Waals surface area contributed by atoms with Crippen LogP contribution in [0.25, 0.3) is 11.0 Å². The Morgan fingerprint density at radius 1 is 1.20 bits per heavy atom. The summed E-state index contributed by atoms with van der Waals surface area (Å²) in [4.78, 5) is 24.5. The van der Waals surface area contributed by atoms with Crippen molar-refractivity contribution >= 4 is 16.9 Å². The third kappa shape index (κ3) is 5.07. The largest absolute Gasteiger partial charge is 0.480 e. The van der Waals surface area contributed by atoms with E-state index in [1.54, 1.807) is 25.1 Å². The summed E-state index contributed by atoms with van der Waals surface area (Å²) < 4.78 is 11.4. The molecule has 30 heavy (non-hydrogen) atoms. The number of hydrogen-bond donors (Lipinski definition) is 2. The Hall–Kier alpha value is -3.12. The fourth-order valence-corrected chi connectivity index (χ4v) is 3.41. The number of rotatable bonds is 8. The van der Waals surface area contributed by atoms with E-state index in [0.717, 1.165) is 23.1 Å². The van der Waals surface area contributed by atoms with Crippen molar-refractivity contribution in [2.45, 2.75) is 45.8 Å². The second-order valence-electron chi connectivity index (χ2n) is 7.41. The Bertz CT molecular complexity index is 1070. The number of amides is 1. The molecule has 1 heterocycles. The van der Waals surface area contributed by atoms with Crippen molar-refractivity contribution in [3.63, 3.8) is 0 Å². The minimum absolute atomic E-state index is 0.0844. The summed E-state index contributed by atoms with van der Waals surface area (Å²) >= 11 is 0. The van der Waals surface area contributed by atoms with E-state index < -0.39 is 17.8 Å². The fraction of sp³-hybridized carbons (Fsp3) is 0.333. The lowest BCUT2D eigenvalue weighted by Crippen LogP contribution is -2.38. The summed E-state index contributed by atoms with van der Waals surface area (Å²) in [6.07, 6.45) is -0.0306. The predicted octanol–water partition coefficient (Wildman–Crippen LogP) is 3.67. The van der Waals surface area contributed by atoms with Crippen molar-refractivity contribution in [3.05, 3.63) is 75.6 Å². The topological polar surface area (TPSA) is 88.8 Å². The van der Waals surface area contributed by atoms with Gasteiger partial charge in [-0.15, -0.1) is 0 Å². The molecule has 2 atom stereocenters. The molecule has 0 saturated heterocycles. The quantitative estimate of drug-likeness (QED) is 0.554. The first-order chi connectivity index (χ1) is 14.4. The van der Waals surface area contributed by atoms with Gasteiger partial charge in [-0.2, -0.15) is 0 Å².